The molecule has 0 radical (unpaired) electrons. The van der Waals surface area contributed by atoms with Gasteiger partial charge < -0.3 is 15.4 Å². The van der Waals surface area contributed by atoms with Gasteiger partial charge in [-0.1, -0.05) is 30.3 Å². The Morgan fingerprint density at radius 2 is 1.83 bits per heavy atom. The van der Waals surface area contributed by atoms with Crippen LogP contribution in [0.4, 0.5) is 4.79 Å². The average molecular weight is 250 g/mol. The van der Waals surface area contributed by atoms with Gasteiger partial charge in [-0.25, -0.2) is 4.79 Å². The van der Waals surface area contributed by atoms with E-state index in [4.69, 9.17) is 0 Å². The van der Waals surface area contributed by atoms with Crippen LogP contribution in [0.1, 0.15) is 19.4 Å². The Bertz CT molecular complexity index is 416. The third-order valence-corrected chi connectivity index (χ3v) is 2.54. The lowest BCUT2D eigenvalue weighted by Gasteiger charge is -2.26. The van der Waals surface area contributed by atoms with Gasteiger partial charge in [0.1, 0.15) is 6.54 Å². The Morgan fingerprint density at radius 3 is 2.39 bits per heavy atom. The zero-order chi connectivity index (χ0) is 13.6. The lowest BCUT2D eigenvalue weighted by molar-refractivity contribution is -0.139. The van der Waals surface area contributed by atoms with Crippen molar-refractivity contribution in [3.63, 3.8) is 0 Å². The van der Waals surface area contributed by atoms with Gasteiger partial charge in [-0.05, 0) is 19.4 Å². The molecule has 0 aliphatic carbocycles. The van der Waals surface area contributed by atoms with Crippen LogP contribution >= 0.6 is 0 Å². The van der Waals surface area contributed by atoms with Gasteiger partial charge in [0.05, 0.1) is 12.6 Å². The minimum atomic E-state index is -0.512. The summed E-state index contributed by atoms with van der Waals surface area (Å²) in [6, 6.07) is 9.18. The molecule has 18 heavy (non-hydrogen) atoms. The number of amides is 2. The Morgan fingerprint density at radius 1 is 1.22 bits per heavy atom. The van der Waals surface area contributed by atoms with Gasteiger partial charge in [-0.15, -0.1) is 0 Å². The molecule has 0 aliphatic heterocycles. The van der Waals surface area contributed by atoms with E-state index in [-0.39, 0.29) is 6.54 Å². The lowest BCUT2D eigenvalue weighted by atomic mass is 9.95. The second-order valence-electron chi connectivity index (χ2n) is 4.37. The second kappa shape index (κ2) is 6.05. The predicted molar refractivity (Wildman–Crippen MR) is 68.0 cm³/mol. The first-order chi connectivity index (χ1) is 8.45. The van der Waals surface area contributed by atoms with Crippen LogP contribution in [-0.2, 0) is 15.1 Å². The van der Waals surface area contributed by atoms with E-state index >= 15 is 0 Å². The summed E-state index contributed by atoms with van der Waals surface area (Å²) in [4.78, 5) is 22.5. The highest BCUT2D eigenvalue weighted by Gasteiger charge is 2.22. The number of hydrogen-bond acceptors (Lipinski definition) is 3. The van der Waals surface area contributed by atoms with Crippen molar-refractivity contribution in [3.05, 3.63) is 35.9 Å². The van der Waals surface area contributed by atoms with Crippen LogP contribution in [-0.4, -0.2) is 25.7 Å². The molecule has 0 saturated heterocycles. The molecule has 5 heteroatoms. The van der Waals surface area contributed by atoms with Gasteiger partial charge in [-0.2, -0.15) is 0 Å². The molecule has 2 N–H and O–H groups in total. The highest BCUT2D eigenvalue weighted by atomic mass is 16.5. The van der Waals surface area contributed by atoms with Gasteiger partial charge in [0.2, 0.25) is 0 Å². The summed E-state index contributed by atoms with van der Waals surface area (Å²) >= 11 is 0. The number of ether oxygens (including phenoxy) is 1. The van der Waals surface area contributed by atoms with Crippen molar-refractivity contribution in [1.82, 2.24) is 10.6 Å². The Labute approximate surface area is 107 Å². The van der Waals surface area contributed by atoms with Gasteiger partial charge >= 0.3 is 12.0 Å². The molecule has 0 fully saturated rings. The zero-order valence-electron chi connectivity index (χ0n) is 10.8. The Balaban J connectivity index is 2.55. The van der Waals surface area contributed by atoms with E-state index in [9.17, 15) is 9.59 Å². The largest absolute Gasteiger partial charge is 0.468 e. The zero-order valence-corrected chi connectivity index (χ0v) is 10.8. The van der Waals surface area contributed by atoms with Crippen molar-refractivity contribution in [1.29, 1.82) is 0 Å². The highest BCUT2D eigenvalue weighted by Crippen LogP contribution is 2.18. The van der Waals surface area contributed by atoms with Crippen LogP contribution in [0.25, 0.3) is 0 Å². The van der Waals surface area contributed by atoms with E-state index in [1.165, 1.54) is 7.11 Å². The lowest BCUT2D eigenvalue weighted by Crippen LogP contribution is -2.47. The van der Waals surface area contributed by atoms with E-state index in [1.54, 1.807) is 0 Å². The molecule has 1 aromatic carbocycles. The van der Waals surface area contributed by atoms with Crippen molar-refractivity contribution in [3.8, 4) is 0 Å². The molecule has 0 saturated carbocycles. The SMILES string of the molecule is COC(=O)CNC(=O)NC(C)(C)c1ccccc1. The summed E-state index contributed by atoms with van der Waals surface area (Å²) in [6.45, 7) is 3.63. The van der Waals surface area contributed by atoms with Crippen LogP contribution in [0.15, 0.2) is 30.3 Å². The van der Waals surface area contributed by atoms with Crippen molar-refractivity contribution >= 4 is 12.0 Å². The number of nitrogens with one attached hydrogen (secondary N) is 2. The van der Waals surface area contributed by atoms with Crippen molar-refractivity contribution in [2.75, 3.05) is 13.7 Å². The molecule has 2 amide bonds. The molecule has 98 valence electrons. The van der Waals surface area contributed by atoms with Crippen LogP contribution < -0.4 is 10.6 Å². The molecular weight excluding hydrogens is 232 g/mol. The quantitative estimate of drug-likeness (QED) is 0.794. The summed E-state index contributed by atoms with van der Waals surface area (Å²) < 4.78 is 4.43. The summed E-state index contributed by atoms with van der Waals surface area (Å²) in [5.74, 6) is -0.484. The molecule has 0 atom stereocenters. The first-order valence-electron chi connectivity index (χ1n) is 5.64. The smallest absolute Gasteiger partial charge is 0.325 e. The van der Waals surface area contributed by atoms with E-state index < -0.39 is 17.5 Å². The number of esters is 1. The fraction of sp³-hybridized carbons (Fsp3) is 0.385. The Kier molecular flexibility index (Phi) is 4.71. The van der Waals surface area contributed by atoms with E-state index in [0.717, 1.165) is 5.56 Å². The van der Waals surface area contributed by atoms with Crippen molar-refractivity contribution in [2.24, 2.45) is 0 Å². The first-order valence-corrected chi connectivity index (χ1v) is 5.64. The maximum absolute atomic E-state index is 11.6. The van der Waals surface area contributed by atoms with E-state index in [1.807, 2.05) is 44.2 Å². The van der Waals surface area contributed by atoms with Crippen molar-refractivity contribution in [2.45, 2.75) is 19.4 Å². The third kappa shape index (κ3) is 4.08. The summed E-state index contributed by atoms with van der Waals surface area (Å²) in [5.41, 5.74) is 0.472. The van der Waals surface area contributed by atoms with E-state index in [0.29, 0.717) is 0 Å². The molecule has 0 bridgehead atoms. The second-order valence-corrected chi connectivity index (χ2v) is 4.37. The monoisotopic (exact) mass is 250 g/mol. The van der Waals surface area contributed by atoms with Gasteiger partial charge in [-0.3, -0.25) is 4.79 Å². The topological polar surface area (TPSA) is 67.4 Å². The maximum Gasteiger partial charge on any atom is 0.325 e. The van der Waals surface area contributed by atoms with Gasteiger partial charge in [0.15, 0.2) is 0 Å². The molecule has 1 rings (SSSR count). The van der Waals surface area contributed by atoms with Gasteiger partial charge in [0.25, 0.3) is 0 Å². The number of carbonyl (C=O) groups excluding carboxylic acids is 2. The fourth-order valence-electron chi connectivity index (χ4n) is 1.48. The first kappa shape index (κ1) is 14.0. The number of rotatable bonds is 4. The number of methoxy groups -OCH3 is 1. The highest BCUT2D eigenvalue weighted by molar-refractivity contribution is 5.81. The molecule has 0 heterocycles. The normalized spacial score (nSPS) is 10.6. The molecule has 0 aliphatic rings. The summed E-state index contributed by atoms with van der Waals surface area (Å²) in [5, 5.41) is 5.23. The number of urea groups is 1. The fourth-order valence-corrected chi connectivity index (χ4v) is 1.48. The summed E-state index contributed by atoms with van der Waals surface area (Å²) in [7, 11) is 1.27. The maximum atomic E-state index is 11.6. The van der Waals surface area contributed by atoms with E-state index in [2.05, 4.69) is 15.4 Å². The van der Waals surface area contributed by atoms with Crippen LogP contribution in [0.2, 0.25) is 0 Å². The molecule has 0 unspecified atom stereocenters. The molecule has 0 aromatic heterocycles. The number of benzene rings is 1. The minimum absolute atomic E-state index is 0.146. The standard InChI is InChI=1S/C13H18N2O3/c1-13(2,10-7-5-4-6-8-10)15-12(17)14-9-11(16)18-3/h4-8H,9H2,1-3H3,(H2,14,15,17). The Hall–Kier alpha value is -2.04. The van der Waals surface area contributed by atoms with Gasteiger partial charge in [0, 0.05) is 0 Å². The summed E-state index contributed by atoms with van der Waals surface area (Å²) in [6.07, 6.45) is 0. The number of hydrogen-bond donors (Lipinski definition) is 2. The molecular formula is C13H18N2O3. The van der Waals surface area contributed by atoms with Crippen LogP contribution in [0.5, 0.6) is 0 Å². The average Bonchev–Trinajstić information content (AvgIpc) is 2.36. The molecule has 5 nitrogen and oxygen atoms in total. The minimum Gasteiger partial charge on any atom is -0.468 e. The van der Waals surface area contributed by atoms with Crippen LogP contribution in [0, 0.1) is 0 Å². The third-order valence-electron chi connectivity index (χ3n) is 2.54. The molecule has 0 spiro atoms. The number of carbonyl (C=O) groups is 2. The predicted octanol–water partition coefficient (Wildman–Crippen LogP) is 1.39. The molecule has 1 aromatic rings. The van der Waals surface area contributed by atoms with Crippen LogP contribution in [0.3, 0.4) is 0 Å². The van der Waals surface area contributed by atoms with Crippen molar-refractivity contribution < 1.29 is 14.3 Å².